The zero-order valence-corrected chi connectivity index (χ0v) is 13.1. The van der Waals surface area contributed by atoms with E-state index in [1.165, 1.54) is 12.1 Å². The monoisotopic (exact) mass is 368 g/mol. The molecule has 0 bridgehead atoms. The molecule has 3 rings (SSSR count). The van der Waals surface area contributed by atoms with E-state index in [4.69, 9.17) is 11.6 Å². The smallest absolute Gasteiger partial charge is 0.167 e. The molecular weight excluding hydrogens is 362 g/mol. The fourth-order valence-corrected chi connectivity index (χ4v) is 2.63. The van der Waals surface area contributed by atoms with E-state index in [1.54, 1.807) is 25.1 Å². The lowest BCUT2D eigenvalue weighted by Gasteiger charge is -2.08. The Hall–Kier alpha value is -1.59. The molecule has 1 aromatic heterocycles. The Morgan fingerprint density at radius 2 is 1.86 bits per heavy atom. The van der Waals surface area contributed by atoms with Crippen molar-refractivity contribution in [3.8, 4) is 11.4 Å². The van der Waals surface area contributed by atoms with Gasteiger partial charge in [0, 0.05) is 9.86 Å². The third kappa shape index (κ3) is 2.51. The lowest BCUT2D eigenvalue weighted by Crippen LogP contribution is -1.99. The van der Waals surface area contributed by atoms with Gasteiger partial charge in [-0.2, -0.15) is 0 Å². The van der Waals surface area contributed by atoms with Gasteiger partial charge in [-0.05, 0) is 36.8 Å². The summed E-state index contributed by atoms with van der Waals surface area (Å²) in [4.78, 5) is 8.24. The van der Waals surface area contributed by atoms with E-state index < -0.39 is 11.6 Å². The SMILES string of the molecule is Cc1ccc(F)c(-c2nc(Cl)c3cc(Br)ccc3n2)c1F. The second-order valence-electron chi connectivity index (χ2n) is 4.55. The fourth-order valence-electron chi connectivity index (χ4n) is 2.04. The Balaban J connectivity index is 2.32. The number of hydrogen-bond donors (Lipinski definition) is 0. The zero-order chi connectivity index (χ0) is 15.1. The minimum Gasteiger partial charge on any atom is -0.228 e. The van der Waals surface area contributed by atoms with Crippen LogP contribution in [-0.4, -0.2) is 9.97 Å². The topological polar surface area (TPSA) is 25.8 Å². The summed E-state index contributed by atoms with van der Waals surface area (Å²) in [5.74, 6) is -1.46. The molecule has 21 heavy (non-hydrogen) atoms. The van der Waals surface area contributed by atoms with Crippen LogP contribution in [0.3, 0.4) is 0 Å². The maximum atomic E-state index is 14.2. The summed E-state index contributed by atoms with van der Waals surface area (Å²) in [7, 11) is 0. The molecule has 0 fully saturated rings. The van der Waals surface area contributed by atoms with Gasteiger partial charge in [0.2, 0.25) is 0 Å². The molecule has 6 heteroatoms. The van der Waals surface area contributed by atoms with E-state index in [1.807, 2.05) is 0 Å². The maximum Gasteiger partial charge on any atom is 0.167 e. The van der Waals surface area contributed by atoms with E-state index >= 15 is 0 Å². The van der Waals surface area contributed by atoms with Crippen molar-refractivity contribution >= 4 is 38.4 Å². The molecule has 2 nitrogen and oxygen atoms in total. The predicted molar refractivity (Wildman–Crippen MR) is 82.3 cm³/mol. The first kappa shape index (κ1) is 14.4. The molecule has 0 spiro atoms. The van der Waals surface area contributed by atoms with Crippen LogP contribution in [0.15, 0.2) is 34.8 Å². The second kappa shape index (κ2) is 5.31. The molecule has 0 N–H and O–H groups in total. The summed E-state index contributed by atoms with van der Waals surface area (Å²) in [5, 5.41) is 0.764. The summed E-state index contributed by atoms with van der Waals surface area (Å²) in [6.45, 7) is 1.55. The molecule has 0 aliphatic carbocycles. The van der Waals surface area contributed by atoms with Crippen molar-refractivity contribution in [3.63, 3.8) is 0 Å². The number of nitrogens with zero attached hydrogens (tertiary/aromatic N) is 2. The Morgan fingerprint density at radius 3 is 2.62 bits per heavy atom. The average molecular weight is 370 g/mol. The van der Waals surface area contributed by atoms with E-state index in [0.29, 0.717) is 16.5 Å². The highest BCUT2D eigenvalue weighted by Gasteiger charge is 2.18. The molecule has 2 aromatic carbocycles. The summed E-state index contributed by atoms with van der Waals surface area (Å²) >= 11 is 9.44. The van der Waals surface area contributed by atoms with Crippen LogP contribution in [0.4, 0.5) is 8.78 Å². The van der Waals surface area contributed by atoms with Gasteiger partial charge in [0.25, 0.3) is 0 Å². The van der Waals surface area contributed by atoms with Crippen molar-refractivity contribution < 1.29 is 8.78 Å². The van der Waals surface area contributed by atoms with E-state index in [-0.39, 0.29) is 16.5 Å². The maximum absolute atomic E-state index is 14.2. The molecule has 0 unspecified atom stereocenters. The summed E-state index contributed by atoms with van der Waals surface area (Å²) in [6, 6.07) is 7.80. The van der Waals surface area contributed by atoms with Crippen molar-refractivity contribution in [2.24, 2.45) is 0 Å². The minimum absolute atomic E-state index is 0.0616. The quantitative estimate of drug-likeness (QED) is 0.544. The molecule has 0 saturated carbocycles. The number of fused-ring (bicyclic) bond motifs is 1. The van der Waals surface area contributed by atoms with Crippen LogP contribution in [0.1, 0.15) is 5.56 Å². The molecule has 1 heterocycles. The van der Waals surface area contributed by atoms with Crippen LogP contribution in [0.25, 0.3) is 22.3 Å². The third-order valence-electron chi connectivity index (χ3n) is 3.12. The molecule has 0 atom stereocenters. The number of benzene rings is 2. The minimum atomic E-state index is -0.717. The summed E-state index contributed by atoms with van der Waals surface area (Å²) in [5.41, 5.74) is 0.581. The second-order valence-corrected chi connectivity index (χ2v) is 5.83. The lowest BCUT2D eigenvalue weighted by molar-refractivity contribution is 0.582. The zero-order valence-electron chi connectivity index (χ0n) is 10.8. The third-order valence-corrected chi connectivity index (χ3v) is 3.90. The molecule has 0 radical (unpaired) electrons. The van der Waals surface area contributed by atoms with Crippen LogP contribution in [0, 0.1) is 18.6 Å². The van der Waals surface area contributed by atoms with Crippen LogP contribution < -0.4 is 0 Å². The molecule has 3 aromatic rings. The number of aromatic nitrogens is 2. The van der Waals surface area contributed by atoms with E-state index in [9.17, 15) is 8.78 Å². The van der Waals surface area contributed by atoms with Gasteiger partial charge < -0.3 is 0 Å². The highest BCUT2D eigenvalue weighted by molar-refractivity contribution is 9.10. The van der Waals surface area contributed by atoms with Crippen LogP contribution in [-0.2, 0) is 0 Å². The number of hydrogen-bond acceptors (Lipinski definition) is 2. The van der Waals surface area contributed by atoms with Crippen molar-refractivity contribution in [2.75, 3.05) is 0 Å². The predicted octanol–water partition coefficient (Wildman–Crippen LogP) is 5.30. The van der Waals surface area contributed by atoms with Gasteiger partial charge in [0.15, 0.2) is 5.82 Å². The van der Waals surface area contributed by atoms with Gasteiger partial charge >= 0.3 is 0 Å². The highest BCUT2D eigenvalue weighted by Crippen LogP contribution is 2.30. The van der Waals surface area contributed by atoms with Gasteiger partial charge in [-0.15, -0.1) is 0 Å². The molecule has 106 valence electrons. The number of aryl methyl sites for hydroxylation is 1. The van der Waals surface area contributed by atoms with Crippen LogP contribution in [0.2, 0.25) is 5.15 Å². The van der Waals surface area contributed by atoms with E-state index in [0.717, 1.165) is 4.47 Å². The van der Waals surface area contributed by atoms with Crippen molar-refractivity contribution in [2.45, 2.75) is 6.92 Å². The molecular formula is C15H8BrClF2N2. The molecule has 0 saturated heterocycles. The normalized spacial score (nSPS) is 11.1. The first-order chi connectivity index (χ1) is 9.97. The first-order valence-corrected chi connectivity index (χ1v) is 7.22. The van der Waals surface area contributed by atoms with Crippen molar-refractivity contribution in [1.82, 2.24) is 9.97 Å². The summed E-state index contributed by atoms with van der Waals surface area (Å²) < 4.78 is 28.9. The Bertz CT molecular complexity index is 868. The van der Waals surface area contributed by atoms with Crippen molar-refractivity contribution in [3.05, 3.63) is 57.2 Å². The largest absolute Gasteiger partial charge is 0.228 e. The summed E-state index contributed by atoms with van der Waals surface area (Å²) in [6.07, 6.45) is 0. The number of rotatable bonds is 1. The molecule has 0 amide bonds. The van der Waals surface area contributed by atoms with Crippen LogP contribution in [0.5, 0.6) is 0 Å². The Labute approximate surface area is 132 Å². The fraction of sp³-hybridized carbons (Fsp3) is 0.0667. The average Bonchev–Trinajstić information content (AvgIpc) is 2.44. The van der Waals surface area contributed by atoms with Gasteiger partial charge in [0.1, 0.15) is 16.8 Å². The van der Waals surface area contributed by atoms with Crippen molar-refractivity contribution in [1.29, 1.82) is 0 Å². The van der Waals surface area contributed by atoms with Gasteiger partial charge in [-0.1, -0.05) is 33.6 Å². The van der Waals surface area contributed by atoms with Gasteiger partial charge in [-0.25, -0.2) is 18.7 Å². The standard InChI is InChI=1S/C15H8BrClF2N2/c1-7-2-4-10(18)12(13(7)19)15-20-11-5-3-8(16)6-9(11)14(17)21-15/h2-6H,1H3. The molecule has 0 aliphatic rings. The van der Waals surface area contributed by atoms with Crippen LogP contribution >= 0.6 is 27.5 Å². The van der Waals surface area contributed by atoms with Gasteiger partial charge in [-0.3, -0.25) is 0 Å². The van der Waals surface area contributed by atoms with Gasteiger partial charge in [0.05, 0.1) is 11.1 Å². The Morgan fingerprint density at radius 1 is 1.10 bits per heavy atom. The number of halogens is 4. The lowest BCUT2D eigenvalue weighted by atomic mass is 10.1. The first-order valence-electron chi connectivity index (χ1n) is 6.05. The highest BCUT2D eigenvalue weighted by atomic mass is 79.9. The Kier molecular flexibility index (Phi) is 3.63. The molecule has 0 aliphatic heterocycles. The van der Waals surface area contributed by atoms with E-state index in [2.05, 4.69) is 25.9 Å².